The molecule has 28 heavy (non-hydrogen) atoms. The van der Waals surface area contributed by atoms with Crippen LogP contribution in [0.25, 0.3) is 21.9 Å². The Bertz CT molecular complexity index is 1200. The second-order valence-electron chi connectivity index (χ2n) is 7.62. The molecule has 3 aromatic rings. The molecule has 0 saturated heterocycles. The normalized spacial score (nSPS) is 16.8. The highest BCUT2D eigenvalue weighted by molar-refractivity contribution is 7.18. The number of nitrogens with one attached hydrogen (secondary N) is 1. The molecule has 1 aliphatic carbocycles. The summed E-state index contributed by atoms with van der Waals surface area (Å²) in [6, 6.07) is 5.77. The van der Waals surface area contributed by atoms with Gasteiger partial charge in [0, 0.05) is 4.88 Å². The molecule has 1 aliphatic rings. The van der Waals surface area contributed by atoms with Crippen LogP contribution in [0.4, 0.5) is 0 Å². The number of aromatic nitrogens is 2. The molecular formula is C22H21N3O2S. The van der Waals surface area contributed by atoms with Crippen LogP contribution in [0.3, 0.4) is 0 Å². The van der Waals surface area contributed by atoms with E-state index in [-0.39, 0.29) is 17.1 Å². The van der Waals surface area contributed by atoms with Crippen LogP contribution in [0.1, 0.15) is 46.3 Å². The summed E-state index contributed by atoms with van der Waals surface area (Å²) in [7, 11) is 0. The summed E-state index contributed by atoms with van der Waals surface area (Å²) in [6.07, 6.45) is 4.67. The fraction of sp³-hybridized carbons (Fsp3) is 0.318. The average molecular weight is 391 g/mol. The molecule has 0 fully saturated rings. The van der Waals surface area contributed by atoms with Crippen LogP contribution in [0.2, 0.25) is 0 Å². The van der Waals surface area contributed by atoms with Gasteiger partial charge in [-0.15, -0.1) is 11.3 Å². The summed E-state index contributed by atoms with van der Waals surface area (Å²) in [5.41, 5.74) is 3.51. The smallest absolute Gasteiger partial charge is 0.260 e. The summed E-state index contributed by atoms with van der Waals surface area (Å²) >= 11 is 1.57. The number of aryl methyl sites for hydroxylation is 3. The highest BCUT2D eigenvalue weighted by atomic mass is 32.1. The number of phenols is 1. The van der Waals surface area contributed by atoms with Crippen molar-refractivity contribution >= 4 is 33.2 Å². The van der Waals surface area contributed by atoms with Crippen molar-refractivity contribution in [3.63, 3.8) is 0 Å². The van der Waals surface area contributed by atoms with Crippen LogP contribution < -0.4 is 5.56 Å². The molecule has 0 spiro atoms. The van der Waals surface area contributed by atoms with Gasteiger partial charge in [-0.05, 0) is 79.5 Å². The lowest BCUT2D eigenvalue weighted by atomic mass is 9.89. The molecule has 6 heteroatoms. The third kappa shape index (κ3) is 3.12. The topological polar surface area (TPSA) is 89.8 Å². The molecule has 2 aromatic heterocycles. The number of H-pyrrole nitrogens is 1. The Labute approximate surface area is 167 Å². The van der Waals surface area contributed by atoms with Crippen molar-refractivity contribution in [2.75, 3.05) is 0 Å². The van der Waals surface area contributed by atoms with E-state index in [2.05, 4.69) is 23.0 Å². The van der Waals surface area contributed by atoms with Crippen molar-refractivity contribution in [1.29, 1.82) is 5.26 Å². The van der Waals surface area contributed by atoms with Gasteiger partial charge in [0.25, 0.3) is 5.56 Å². The van der Waals surface area contributed by atoms with E-state index >= 15 is 0 Å². The molecule has 0 saturated carbocycles. The molecule has 142 valence electrons. The Hall–Kier alpha value is -2.91. The highest BCUT2D eigenvalue weighted by Crippen LogP contribution is 2.36. The Morgan fingerprint density at radius 2 is 2.11 bits per heavy atom. The molecule has 0 bridgehead atoms. The lowest BCUT2D eigenvalue weighted by molar-refractivity contribution is 0.467. The lowest BCUT2D eigenvalue weighted by Crippen LogP contribution is -2.14. The molecule has 4 rings (SSSR count). The summed E-state index contributed by atoms with van der Waals surface area (Å²) < 4.78 is 0. The van der Waals surface area contributed by atoms with E-state index in [0.717, 1.165) is 41.5 Å². The minimum absolute atomic E-state index is 0.175. The zero-order valence-electron chi connectivity index (χ0n) is 16.1. The number of phenolic OH excluding ortho intramolecular Hbond substituents is 1. The number of hydrogen-bond acceptors (Lipinski definition) is 5. The molecule has 2 N–H and O–H groups in total. The number of aromatic amines is 1. The van der Waals surface area contributed by atoms with Crippen LogP contribution in [0, 0.1) is 31.1 Å². The van der Waals surface area contributed by atoms with Crippen molar-refractivity contribution in [1.82, 2.24) is 9.97 Å². The third-order valence-electron chi connectivity index (χ3n) is 5.37. The standard InChI is InChI=1S/C22H21N3O2S/c1-11-4-5-16-17(6-11)28-22-18(16)21(27)24-20(25-22)15(10-23)9-14-7-12(2)19(26)13(3)8-14/h7-9,11,26H,4-6H2,1-3H3,(H,24,25,27)/b15-9+/t11-/m1/s1. The number of fused-ring (bicyclic) bond motifs is 3. The molecule has 1 atom stereocenters. The van der Waals surface area contributed by atoms with Gasteiger partial charge in [-0.1, -0.05) is 6.92 Å². The van der Waals surface area contributed by atoms with E-state index in [1.54, 1.807) is 17.4 Å². The van der Waals surface area contributed by atoms with Crippen LogP contribution in [0.15, 0.2) is 16.9 Å². The van der Waals surface area contributed by atoms with Gasteiger partial charge in [0.2, 0.25) is 0 Å². The first kappa shape index (κ1) is 18.5. The number of aromatic hydroxyl groups is 1. The summed E-state index contributed by atoms with van der Waals surface area (Å²) in [5.74, 6) is 1.16. The van der Waals surface area contributed by atoms with Gasteiger partial charge in [0.15, 0.2) is 5.82 Å². The fourth-order valence-electron chi connectivity index (χ4n) is 3.87. The van der Waals surface area contributed by atoms with E-state index in [4.69, 9.17) is 0 Å². The van der Waals surface area contributed by atoms with E-state index in [9.17, 15) is 15.2 Å². The predicted molar refractivity (Wildman–Crippen MR) is 112 cm³/mol. The second kappa shape index (κ2) is 6.92. The van der Waals surface area contributed by atoms with Gasteiger partial charge in [-0.25, -0.2) is 4.98 Å². The summed E-state index contributed by atoms with van der Waals surface area (Å²) in [6.45, 7) is 5.86. The highest BCUT2D eigenvalue weighted by Gasteiger charge is 2.23. The van der Waals surface area contributed by atoms with Gasteiger partial charge in [0.05, 0.1) is 11.0 Å². The van der Waals surface area contributed by atoms with Crippen LogP contribution in [-0.2, 0) is 12.8 Å². The van der Waals surface area contributed by atoms with E-state index in [0.29, 0.717) is 21.7 Å². The zero-order valence-corrected chi connectivity index (χ0v) is 16.9. The summed E-state index contributed by atoms with van der Waals surface area (Å²) in [4.78, 5) is 22.2. The van der Waals surface area contributed by atoms with Gasteiger partial charge < -0.3 is 10.1 Å². The Morgan fingerprint density at radius 1 is 1.39 bits per heavy atom. The summed E-state index contributed by atoms with van der Waals surface area (Å²) in [5, 5.41) is 20.3. The first-order valence-corrected chi connectivity index (χ1v) is 10.2. The van der Waals surface area contributed by atoms with Crippen molar-refractivity contribution in [3.8, 4) is 11.8 Å². The second-order valence-corrected chi connectivity index (χ2v) is 8.70. The number of allylic oxidation sites excluding steroid dienone is 1. The van der Waals surface area contributed by atoms with E-state index in [1.165, 1.54) is 4.88 Å². The first-order chi connectivity index (χ1) is 13.4. The van der Waals surface area contributed by atoms with Gasteiger partial charge in [-0.3, -0.25) is 4.79 Å². The number of benzene rings is 1. The minimum atomic E-state index is -0.175. The van der Waals surface area contributed by atoms with Crippen molar-refractivity contribution in [2.45, 2.75) is 40.0 Å². The quantitative estimate of drug-likeness (QED) is 0.630. The Morgan fingerprint density at radius 3 is 2.79 bits per heavy atom. The largest absolute Gasteiger partial charge is 0.507 e. The maximum absolute atomic E-state index is 12.8. The van der Waals surface area contributed by atoms with Crippen LogP contribution in [0.5, 0.6) is 5.75 Å². The van der Waals surface area contributed by atoms with Crippen molar-refractivity contribution in [3.05, 3.63) is 55.4 Å². The van der Waals surface area contributed by atoms with Crippen LogP contribution in [-0.4, -0.2) is 15.1 Å². The molecular weight excluding hydrogens is 370 g/mol. The predicted octanol–water partition coefficient (Wildman–Crippen LogP) is 4.50. The molecule has 2 heterocycles. The number of nitrogens with zero attached hydrogens (tertiary/aromatic N) is 2. The maximum atomic E-state index is 12.8. The SMILES string of the molecule is Cc1cc(/C=C(\C#N)c2nc3sc4c(c3c(=O)[nH]2)CC[C@@H](C)C4)cc(C)c1O. The maximum Gasteiger partial charge on any atom is 0.260 e. The molecule has 0 aliphatic heterocycles. The zero-order chi connectivity index (χ0) is 20.0. The number of hydrogen-bond donors (Lipinski definition) is 2. The monoisotopic (exact) mass is 391 g/mol. The average Bonchev–Trinajstić information content (AvgIpc) is 3.01. The van der Waals surface area contributed by atoms with Gasteiger partial charge in [0.1, 0.15) is 16.6 Å². The van der Waals surface area contributed by atoms with E-state index < -0.39 is 0 Å². The van der Waals surface area contributed by atoms with Gasteiger partial charge in [-0.2, -0.15) is 5.26 Å². The van der Waals surface area contributed by atoms with Crippen molar-refractivity contribution in [2.24, 2.45) is 5.92 Å². The van der Waals surface area contributed by atoms with Crippen molar-refractivity contribution < 1.29 is 5.11 Å². The number of thiophene rings is 1. The Balaban J connectivity index is 1.84. The van der Waals surface area contributed by atoms with Crippen LogP contribution >= 0.6 is 11.3 Å². The number of rotatable bonds is 2. The fourth-order valence-corrected chi connectivity index (χ4v) is 5.25. The molecule has 0 amide bonds. The Kier molecular flexibility index (Phi) is 4.56. The lowest BCUT2D eigenvalue weighted by Gasteiger charge is -2.17. The third-order valence-corrected chi connectivity index (χ3v) is 6.51. The molecule has 0 radical (unpaired) electrons. The first-order valence-electron chi connectivity index (χ1n) is 9.34. The molecule has 1 aromatic carbocycles. The molecule has 5 nitrogen and oxygen atoms in total. The molecule has 0 unspecified atom stereocenters. The van der Waals surface area contributed by atoms with Gasteiger partial charge >= 0.3 is 0 Å². The van der Waals surface area contributed by atoms with E-state index in [1.807, 2.05) is 26.0 Å². The minimum Gasteiger partial charge on any atom is -0.507 e. The number of nitriles is 1.